The van der Waals surface area contributed by atoms with Crippen LogP contribution in [0.25, 0.3) is 0 Å². The summed E-state index contributed by atoms with van der Waals surface area (Å²) in [6.07, 6.45) is 1.97. The Kier molecular flexibility index (Phi) is 4.75. The summed E-state index contributed by atoms with van der Waals surface area (Å²) in [5.74, 6) is 0.701. The highest BCUT2D eigenvalue weighted by molar-refractivity contribution is 7.84. The molecule has 0 fully saturated rings. The molecule has 0 amide bonds. The topological polar surface area (TPSA) is 43.1 Å². The second-order valence-electron chi connectivity index (χ2n) is 3.53. The van der Waals surface area contributed by atoms with Crippen molar-refractivity contribution < 1.29 is 8.60 Å². The summed E-state index contributed by atoms with van der Waals surface area (Å²) in [5, 5.41) is 0. The number of nitrogens with two attached hydrogens (primary N) is 1. The van der Waals surface area contributed by atoms with Crippen molar-refractivity contribution in [1.82, 2.24) is 0 Å². The molecule has 2 nitrogen and oxygen atoms in total. The lowest BCUT2D eigenvalue weighted by Gasteiger charge is -2.03. The monoisotopic (exact) mass is 229 g/mol. The van der Waals surface area contributed by atoms with Gasteiger partial charge in [0.2, 0.25) is 0 Å². The van der Waals surface area contributed by atoms with E-state index >= 15 is 0 Å². The minimum absolute atomic E-state index is 0.363. The summed E-state index contributed by atoms with van der Waals surface area (Å²) in [5.41, 5.74) is 6.59. The molecule has 0 saturated heterocycles. The van der Waals surface area contributed by atoms with Crippen molar-refractivity contribution in [3.05, 3.63) is 29.6 Å². The first kappa shape index (κ1) is 12.2. The number of halogens is 1. The third kappa shape index (κ3) is 4.42. The molecule has 15 heavy (non-hydrogen) atoms. The zero-order valence-electron chi connectivity index (χ0n) is 8.83. The number of nitrogen functional groups attached to an aromatic ring is 1. The molecule has 1 aromatic carbocycles. The molecule has 0 bridgehead atoms. The second kappa shape index (κ2) is 5.85. The van der Waals surface area contributed by atoms with E-state index in [2.05, 4.69) is 6.92 Å². The first-order valence-corrected chi connectivity index (χ1v) is 6.50. The molecule has 0 aliphatic heterocycles. The van der Waals surface area contributed by atoms with Gasteiger partial charge in [0.15, 0.2) is 0 Å². The van der Waals surface area contributed by atoms with Crippen LogP contribution in [0.2, 0.25) is 0 Å². The van der Waals surface area contributed by atoms with Crippen LogP contribution in [-0.4, -0.2) is 9.96 Å². The molecule has 84 valence electrons. The van der Waals surface area contributed by atoms with Crippen molar-refractivity contribution >= 4 is 16.5 Å². The number of anilines is 1. The Morgan fingerprint density at radius 3 is 2.73 bits per heavy atom. The maximum absolute atomic E-state index is 13.0. The Balaban J connectivity index is 2.60. The molecular weight excluding hydrogens is 213 g/mol. The van der Waals surface area contributed by atoms with Crippen molar-refractivity contribution in [3.63, 3.8) is 0 Å². The second-order valence-corrected chi connectivity index (χ2v) is 5.11. The normalized spacial score (nSPS) is 12.7. The van der Waals surface area contributed by atoms with Crippen molar-refractivity contribution in [3.8, 4) is 0 Å². The van der Waals surface area contributed by atoms with E-state index in [1.165, 1.54) is 12.1 Å². The number of rotatable bonds is 5. The molecule has 0 aliphatic carbocycles. The Hall–Kier alpha value is -0.900. The van der Waals surface area contributed by atoms with Crippen LogP contribution in [0.3, 0.4) is 0 Å². The smallest absolute Gasteiger partial charge is 0.125 e. The number of unbranched alkanes of at least 4 members (excludes halogenated alkanes) is 1. The third-order valence-corrected chi connectivity index (χ3v) is 3.43. The van der Waals surface area contributed by atoms with Crippen LogP contribution in [0, 0.1) is 5.82 Å². The Bertz CT molecular complexity index is 334. The predicted octanol–water partition coefficient (Wildman–Crippen LogP) is 2.46. The maximum atomic E-state index is 13.0. The lowest BCUT2D eigenvalue weighted by Crippen LogP contribution is -2.02. The molecule has 0 spiro atoms. The van der Waals surface area contributed by atoms with Gasteiger partial charge in [-0.1, -0.05) is 13.3 Å². The van der Waals surface area contributed by atoms with E-state index in [0.717, 1.165) is 12.8 Å². The summed E-state index contributed by atoms with van der Waals surface area (Å²) in [6.45, 7) is 2.05. The van der Waals surface area contributed by atoms with E-state index in [-0.39, 0.29) is 5.82 Å². The molecular formula is C11H16FNOS. The van der Waals surface area contributed by atoms with Gasteiger partial charge in [-0.05, 0) is 30.2 Å². The average Bonchev–Trinajstić information content (AvgIpc) is 2.13. The number of hydrogen-bond donors (Lipinski definition) is 1. The fourth-order valence-electron chi connectivity index (χ4n) is 1.32. The van der Waals surface area contributed by atoms with Crippen molar-refractivity contribution in [2.24, 2.45) is 0 Å². The van der Waals surface area contributed by atoms with Gasteiger partial charge in [0.05, 0.1) is 0 Å². The highest BCUT2D eigenvalue weighted by atomic mass is 32.2. The lowest BCUT2D eigenvalue weighted by molar-refractivity contribution is 0.627. The minimum atomic E-state index is -0.910. The SMILES string of the molecule is CCCCS(=O)Cc1cc(N)cc(F)c1. The van der Waals surface area contributed by atoms with E-state index in [1.807, 2.05) is 0 Å². The van der Waals surface area contributed by atoms with E-state index in [4.69, 9.17) is 5.73 Å². The fourth-order valence-corrected chi connectivity index (χ4v) is 2.62. The highest BCUT2D eigenvalue weighted by Crippen LogP contribution is 2.13. The van der Waals surface area contributed by atoms with Crippen LogP contribution in [0.1, 0.15) is 25.3 Å². The quantitative estimate of drug-likeness (QED) is 0.788. The van der Waals surface area contributed by atoms with Gasteiger partial charge in [-0.25, -0.2) is 4.39 Å². The van der Waals surface area contributed by atoms with Gasteiger partial charge < -0.3 is 5.73 Å². The summed E-state index contributed by atoms with van der Waals surface area (Å²) < 4.78 is 24.5. The zero-order chi connectivity index (χ0) is 11.3. The van der Waals surface area contributed by atoms with Gasteiger partial charge in [0, 0.05) is 28.0 Å². The maximum Gasteiger partial charge on any atom is 0.125 e. The minimum Gasteiger partial charge on any atom is -0.399 e. The molecule has 0 heterocycles. The molecule has 1 rings (SSSR count). The molecule has 0 saturated carbocycles. The third-order valence-electron chi connectivity index (χ3n) is 2.03. The van der Waals surface area contributed by atoms with Crippen LogP contribution in [0.4, 0.5) is 10.1 Å². The molecule has 1 atom stereocenters. The summed E-state index contributed by atoms with van der Waals surface area (Å²) in [6, 6.07) is 4.32. The van der Waals surface area contributed by atoms with Gasteiger partial charge in [0.25, 0.3) is 0 Å². The molecule has 1 aromatic rings. The van der Waals surface area contributed by atoms with Gasteiger partial charge in [0.1, 0.15) is 5.82 Å². The van der Waals surface area contributed by atoms with Crippen molar-refractivity contribution in [1.29, 1.82) is 0 Å². The van der Waals surface area contributed by atoms with E-state index in [9.17, 15) is 8.60 Å². The van der Waals surface area contributed by atoms with Crippen LogP contribution in [-0.2, 0) is 16.6 Å². The Labute approximate surface area is 92.1 Å². The van der Waals surface area contributed by atoms with Crippen LogP contribution in [0.5, 0.6) is 0 Å². The van der Waals surface area contributed by atoms with Gasteiger partial charge in [-0.3, -0.25) is 4.21 Å². The summed E-state index contributed by atoms with van der Waals surface area (Å²) >= 11 is 0. The first-order valence-electron chi connectivity index (χ1n) is 5.01. The number of benzene rings is 1. The largest absolute Gasteiger partial charge is 0.399 e. The summed E-state index contributed by atoms with van der Waals surface area (Å²) in [4.78, 5) is 0. The van der Waals surface area contributed by atoms with E-state index in [1.54, 1.807) is 6.07 Å². The van der Waals surface area contributed by atoms with Crippen LogP contribution in [0.15, 0.2) is 18.2 Å². The number of hydrogen-bond acceptors (Lipinski definition) is 2. The van der Waals surface area contributed by atoms with E-state index in [0.29, 0.717) is 22.8 Å². The zero-order valence-corrected chi connectivity index (χ0v) is 9.65. The molecule has 1 unspecified atom stereocenters. The Morgan fingerprint density at radius 1 is 1.40 bits per heavy atom. The predicted molar refractivity (Wildman–Crippen MR) is 62.4 cm³/mol. The highest BCUT2D eigenvalue weighted by Gasteiger charge is 2.03. The Morgan fingerprint density at radius 2 is 2.13 bits per heavy atom. The molecule has 4 heteroatoms. The summed E-state index contributed by atoms with van der Waals surface area (Å²) in [7, 11) is -0.910. The average molecular weight is 229 g/mol. The molecule has 2 N–H and O–H groups in total. The van der Waals surface area contributed by atoms with E-state index < -0.39 is 10.8 Å². The molecule has 0 aliphatic rings. The van der Waals surface area contributed by atoms with Crippen LogP contribution >= 0.6 is 0 Å². The molecule has 0 aromatic heterocycles. The van der Waals surface area contributed by atoms with Crippen LogP contribution < -0.4 is 5.73 Å². The van der Waals surface area contributed by atoms with Gasteiger partial charge in [-0.2, -0.15) is 0 Å². The lowest BCUT2D eigenvalue weighted by atomic mass is 10.2. The standard InChI is InChI=1S/C11H16FNOS/c1-2-3-4-15(14)8-9-5-10(12)7-11(13)6-9/h5-7H,2-4,8,13H2,1H3. The molecule has 0 radical (unpaired) electrons. The van der Waals surface area contributed by atoms with Crippen molar-refractivity contribution in [2.75, 3.05) is 11.5 Å². The van der Waals surface area contributed by atoms with Gasteiger partial charge in [-0.15, -0.1) is 0 Å². The van der Waals surface area contributed by atoms with Crippen molar-refractivity contribution in [2.45, 2.75) is 25.5 Å². The first-order chi connectivity index (χ1) is 7.11. The van der Waals surface area contributed by atoms with Gasteiger partial charge >= 0.3 is 0 Å². The fraction of sp³-hybridized carbons (Fsp3) is 0.455.